The highest BCUT2D eigenvalue weighted by atomic mass is 16.3. The van der Waals surface area contributed by atoms with Gasteiger partial charge in [-0.15, -0.1) is 0 Å². The Balaban J connectivity index is 2.08. The van der Waals surface area contributed by atoms with Gasteiger partial charge in [-0.05, 0) is 42.6 Å². The third-order valence-corrected chi connectivity index (χ3v) is 6.77. The Bertz CT molecular complexity index is 630. The van der Waals surface area contributed by atoms with E-state index in [1.165, 1.54) is 0 Å². The van der Waals surface area contributed by atoms with Crippen molar-refractivity contribution in [2.45, 2.75) is 65.1 Å². The van der Waals surface area contributed by atoms with Crippen LogP contribution in [0.4, 0.5) is 0 Å². The number of carbonyl (C=O) groups excluding carboxylic acids is 2. The fraction of sp³-hybridized carbons (Fsp3) is 0.700. The molecule has 0 aromatic rings. The molecule has 2 bridgehead atoms. The van der Waals surface area contributed by atoms with Crippen molar-refractivity contribution < 1.29 is 19.8 Å². The van der Waals surface area contributed by atoms with Crippen LogP contribution in [-0.4, -0.2) is 34.0 Å². The normalized spacial score (nSPS) is 42.5. The number of carbonyl (C=O) groups is 2. The molecule has 1 fully saturated rings. The highest BCUT2D eigenvalue weighted by molar-refractivity contribution is 6.11. The average molecular weight is 332 g/mol. The fourth-order valence-electron chi connectivity index (χ4n) is 5.29. The van der Waals surface area contributed by atoms with Gasteiger partial charge in [-0.1, -0.05) is 39.8 Å². The molecule has 2 N–H and O–H groups in total. The van der Waals surface area contributed by atoms with Crippen LogP contribution in [0.3, 0.4) is 0 Å². The minimum absolute atomic E-state index is 0.0741. The minimum Gasteiger partial charge on any atom is -0.388 e. The number of hydrogen-bond donors (Lipinski definition) is 2. The Hall–Kier alpha value is -1.26. The number of ketones is 2. The van der Waals surface area contributed by atoms with Gasteiger partial charge in [0.25, 0.3) is 0 Å². The van der Waals surface area contributed by atoms with Crippen molar-refractivity contribution in [3.8, 4) is 0 Å². The zero-order valence-electron chi connectivity index (χ0n) is 14.8. The third-order valence-electron chi connectivity index (χ3n) is 6.77. The van der Waals surface area contributed by atoms with Crippen molar-refractivity contribution in [2.75, 3.05) is 0 Å². The summed E-state index contributed by atoms with van der Waals surface area (Å²) >= 11 is 0. The molecule has 1 saturated carbocycles. The van der Waals surface area contributed by atoms with Crippen LogP contribution in [0.25, 0.3) is 0 Å². The first-order valence-corrected chi connectivity index (χ1v) is 8.93. The molecule has 0 radical (unpaired) electrons. The Kier molecular flexibility index (Phi) is 4.12. The second-order valence-electron chi connectivity index (χ2n) is 8.76. The van der Waals surface area contributed by atoms with Crippen LogP contribution in [0.5, 0.6) is 0 Å². The molecule has 3 aliphatic rings. The Morgan fingerprint density at radius 2 is 1.75 bits per heavy atom. The summed E-state index contributed by atoms with van der Waals surface area (Å²) in [7, 11) is 0. The topological polar surface area (TPSA) is 74.6 Å². The molecule has 0 spiro atoms. The van der Waals surface area contributed by atoms with Gasteiger partial charge in [0, 0.05) is 16.9 Å². The first kappa shape index (κ1) is 17.6. The minimum atomic E-state index is -1.09. The highest BCUT2D eigenvalue weighted by Gasteiger charge is 2.53. The van der Waals surface area contributed by atoms with E-state index in [1.54, 1.807) is 6.08 Å². The molecule has 4 heteroatoms. The number of aliphatic hydroxyl groups excluding tert-OH is 2. The Morgan fingerprint density at radius 1 is 1.08 bits per heavy atom. The maximum absolute atomic E-state index is 13.1. The summed E-state index contributed by atoms with van der Waals surface area (Å²) < 4.78 is 0. The molecule has 4 nitrogen and oxygen atoms in total. The zero-order valence-corrected chi connectivity index (χ0v) is 14.8. The second kappa shape index (κ2) is 5.63. The molecule has 0 aromatic heterocycles. The van der Waals surface area contributed by atoms with Gasteiger partial charge >= 0.3 is 0 Å². The summed E-state index contributed by atoms with van der Waals surface area (Å²) in [5.41, 5.74) is -0.00846. The first-order chi connectivity index (χ1) is 11.1. The monoisotopic (exact) mass is 332 g/mol. The molecule has 5 atom stereocenters. The molecular formula is C20H28O4. The number of Topliss-reactive ketones (excluding diaryl/α,β-unsaturated/α-hetero) is 2. The van der Waals surface area contributed by atoms with Crippen molar-refractivity contribution in [3.05, 3.63) is 23.8 Å². The lowest BCUT2D eigenvalue weighted by Crippen LogP contribution is -2.51. The first-order valence-electron chi connectivity index (χ1n) is 8.93. The van der Waals surface area contributed by atoms with E-state index >= 15 is 0 Å². The summed E-state index contributed by atoms with van der Waals surface area (Å²) in [6.07, 6.45) is 2.95. The number of aliphatic hydroxyl groups is 2. The predicted molar refractivity (Wildman–Crippen MR) is 91.2 cm³/mol. The lowest BCUT2D eigenvalue weighted by atomic mass is 9.52. The molecular weight excluding hydrogens is 304 g/mol. The van der Waals surface area contributed by atoms with Gasteiger partial charge < -0.3 is 10.2 Å². The lowest BCUT2D eigenvalue weighted by molar-refractivity contribution is -0.149. The summed E-state index contributed by atoms with van der Waals surface area (Å²) in [6, 6.07) is 0. The van der Waals surface area contributed by atoms with Crippen molar-refractivity contribution in [3.63, 3.8) is 0 Å². The van der Waals surface area contributed by atoms with Crippen LogP contribution in [0.1, 0.15) is 52.9 Å². The SMILES string of the molecule is C=C1C(=O)C2=C[C@@H]1C[C@@H](O)C(=O)[C@]1(C)CCCC(C)(C)[C@H]1C[C@H]2O. The number of fused-ring (bicyclic) bond motifs is 2. The molecule has 3 rings (SSSR count). The molecule has 0 saturated heterocycles. The molecule has 132 valence electrons. The van der Waals surface area contributed by atoms with Gasteiger partial charge in [0.15, 0.2) is 11.6 Å². The van der Waals surface area contributed by atoms with E-state index < -0.39 is 17.6 Å². The molecule has 24 heavy (non-hydrogen) atoms. The van der Waals surface area contributed by atoms with Crippen LogP contribution in [0.15, 0.2) is 23.8 Å². The average Bonchev–Trinajstić information content (AvgIpc) is 2.77. The third kappa shape index (κ3) is 2.51. The van der Waals surface area contributed by atoms with Crippen LogP contribution in [0.2, 0.25) is 0 Å². The van der Waals surface area contributed by atoms with Gasteiger partial charge in [0.2, 0.25) is 0 Å². The van der Waals surface area contributed by atoms with Crippen LogP contribution < -0.4 is 0 Å². The number of rotatable bonds is 0. The predicted octanol–water partition coefficient (Wildman–Crippen LogP) is 2.59. The maximum atomic E-state index is 13.1. The maximum Gasteiger partial charge on any atom is 0.187 e. The van der Waals surface area contributed by atoms with Gasteiger partial charge in [-0.3, -0.25) is 9.59 Å². The summed E-state index contributed by atoms with van der Waals surface area (Å²) in [6.45, 7) is 10.0. The van der Waals surface area contributed by atoms with Crippen molar-refractivity contribution in [1.29, 1.82) is 0 Å². The van der Waals surface area contributed by atoms with Crippen molar-refractivity contribution in [1.82, 2.24) is 0 Å². The van der Waals surface area contributed by atoms with Gasteiger partial charge in [0.05, 0.1) is 6.10 Å². The van der Waals surface area contributed by atoms with E-state index in [9.17, 15) is 19.8 Å². The van der Waals surface area contributed by atoms with E-state index in [0.29, 0.717) is 17.6 Å². The number of hydrogen-bond acceptors (Lipinski definition) is 4. The van der Waals surface area contributed by atoms with Crippen LogP contribution in [0, 0.1) is 22.7 Å². The Morgan fingerprint density at radius 3 is 2.42 bits per heavy atom. The fourth-order valence-corrected chi connectivity index (χ4v) is 5.29. The molecule has 0 amide bonds. The molecule has 0 unspecified atom stereocenters. The summed E-state index contributed by atoms with van der Waals surface area (Å²) in [4.78, 5) is 25.5. The van der Waals surface area contributed by atoms with Gasteiger partial charge in [-0.25, -0.2) is 0 Å². The van der Waals surface area contributed by atoms with Crippen molar-refractivity contribution in [2.24, 2.45) is 22.7 Å². The smallest absolute Gasteiger partial charge is 0.187 e. The molecule has 0 aliphatic heterocycles. The molecule has 0 heterocycles. The van der Waals surface area contributed by atoms with Crippen LogP contribution in [-0.2, 0) is 9.59 Å². The van der Waals surface area contributed by atoms with Gasteiger partial charge in [0.1, 0.15) is 6.10 Å². The molecule has 3 aliphatic carbocycles. The lowest BCUT2D eigenvalue weighted by Gasteiger charge is -2.51. The van der Waals surface area contributed by atoms with E-state index in [2.05, 4.69) is 20.4 Å². The quantitative estimate of drug-likeness (QED) is 0.669. The van der Waals surface area contributed by atoms with E-state index in [-0.39, 0.29) is 35.2 Å². The standard InChI is InChI=1S/C20H28O4/c1-11-12-8-13(17(11)23)14(21)10-16-19(2,3)6-5-7-20(16,4)18(24)15(22)9-12/h8,12,14-16,21-22H,1,5-7,9-10H2,2-4H3/t12-,14-,15-,16-,20-/m1/s1. The number of allylic oxidation sites excluding steroid dienone is 2. The Labute approximate surface area is 143 Å². The van der Waals surface area contributed by atoms with E-state index in [4.69, 9.17) is 0 Å². The second-order valence-corrected chi connectivity index (χ2v) is 8.76. The summed E-state index contributed by atoms with van der Waals surface area (Å²) in [5, 5.41) is 21.3. The van der Waals surface area contributed by atoms with E-state index in [1.807, 2.05) is 6.92 Å². The van der Waals surface area contributed by atoms with Gasteiger partial charge in [-0.2, -0.15) is 0 Å². The van der Waals surface area contributed by atoms with Crippen molar-refractivity contribution >= 4 is 11.6 Å². The summed E-state index contributed by atoms with van der Waals surface area (Å²) in [5.74, 6) is -0.784. The highest BCUT2D eigenvalue weighted by Crippen LogP contribution is 2.55. The van der Waals surface area contributed by atoms with Crippen LogP contribution >= 0.6 is 0 Å². The largest absolute Gasteiger partial charge is 0.388 e. The molecule has 0 aromatic carbocycles. The zero-order chi connectivity index (χ0) is 17.9. The van der Waals surface area contributed by atoms with E-state index in [0.717, 1.165) is 19.3 Å².